The third kappa shape index (κ3) is 4.21. The fourth-order valence-electron chi connectivity index (χ4n) is 5.61. The van der Waals surface area contributed by atoms with E-state index in [2.05, 4.69) is 0 Å². The summed E-state index contributed by atoms with van der Waals surface area (Å²) in [6.07, 6.45) is -9.88. The largest absolute Gasteiger partial charge is 0.504 e. The van der Waals surface area contributed by atoms with Crippen LogP contribution < -0.4 is 4.74 Å². The number of rotatable bonds is 3. The number of benzene rings is 2. The molecule has 7 atom stereocenters. The monoisotopic (exact) mass is 650 g/mol. The predicted molar refractivity (Wildman–Crippen MR) is 136 cm³/mol. The molecule has 244 valence electrons. The van der Waals surface area contributed by atoms with Gasteiger partial charge in [-0.05, 0) is 24.3 Å². The van der Waals surface area contributed by atoms with Gasteiger partial charge in [-0.25, -0.2) is 14.4 Å². The standard InChI is InChI=1S/C27H22O19/c28-5-12-19-18(35)21(25(42-12)45-22(36)6-1-9(29)16(33)10(30)2-6)44-23(37)7-3-11(31)17(34)20-14(7)15-8(24(38)43-19)4-13(32)27(41,46-20)26(15,39)40/h1-4,12,15,18-19,21,25,28-31,33-35,39-41H,5H2/t12-,15+,18+,19-,21-,25+,27-/m1/s1. The lowest BCUT2D eigenvalue weighted by Crippen LogP contribution is -2.70. The van der Waals surface area contributed by atoms with Gasteiger partial charge in [0.15, 0.2) is 41.0 Å². The Hall–Kier alpha value is -5.18. The van der Waals surface area contributed by atoms with E-state index in [9.17, 15) is 70.2 Å². The number of carbonyl (C=O) groups excluding carboxylic acids is 4. The van der Waals surface area contributed by atoms with Crippen LogP contribution in [0, 0.1) is 0 Å². The minimum atomic E-state index is -3.74. The van der Waals surface area contributed by atoms with E-state index in [0.29, 0.717) is 24.3 Å². The number of aromatic hydroxyl groups is 5. The number of carbonyl (C=O) groups is 4. The highest BCUT2D eigenvalue weighted by atomic mass is 16.7. The van der Waals surface area contributed by atoms with Crippen molar-refractivity contribution in [1.29, 1.82) is 0 Å². The molecule has 4 aliphatic rings. The number of hydrogen-bond acceptors (Lipinski definition) is 19. The number of phenolic OH excluding ortho intramolecular Hbond substituents is 5. The van der Waals surface area contributed by atoms with Gasteiger partial charge in [0.1, 0.15) is 12.2 Å². The molecule has 3 heterocycles. The molecule has 2 aromatic rings. The number of ketones is 1. The van der Waals surface area contributed by atoms with Crippen molar-refractivity contribution in [3.63, 3.8) is 0 Å². The van der Waals surface area contributed by atoms with Crippen molar-refractivity contribution in [3.8, 4) is 34.5 Å². The fourth-order valence-corrected chi connectivity index (χ4v) is 5.61. The molecule has 1 aliphatic carbocycles. The molecule has 19 nitrogen and oxygen atoms in total. The molecule has 0 saturated carbocycles. The van der Waals surface area contributed by atoms with E-state index in [1.807, 2.05) is 0 Å². The lowest BCUT2D eigenvalue weighted by Gasteiger charge is -2.49. The number of aliphatic hydroxyl groups excluding tert-OH is 2. The Labute approximate surface area is 253 Å². The van der Waals surface area contributed by atoms with Gasteiger partial charge in [-0.1, -0.05) is 0 Å². The normalized spacial score (nSPS) is 31.0. The lowest BCUT2D eigenvalue weighted by molar-refractivity contribution is -0.339. The van der Waals surface area contributed by atoms with E-state index in [4.69, 9.17) is 23.7 Å². The van der Waals surface area contributed by atoms with Crippen LogP contribution in [0.2, 0.25) is 0 Å². The van der Waals surface area contributed by atoms with E-state index in [-0.39, 0.29) is 0 Å². The molecule has 3 aliphatic heterocycles. The van der Waals surface area contributed by atoms with Gasteiger partial charge in [0.25, 0.3) is 5.79 Å². The zero-order valence-electron chi connectivity index (χ0n) is 22.6. The van der Waals surface area contributed by atoms with Gasteiger partial charge in [-0.15, -0.1) is 0 Å². The van der Waals surface area contributed by atoms with Crippen molar-refractivity contribution < 1.29 is 93.9 Å². The highest BCUT2D eigenvalue weighted by Crippen LogP contribution is 2.58. The number of aliphatic hydroxyl groups is 5. The van der Waals surface area contributed by atoms with E-state index in [1.54, 1.807) is 0 Å². The van der Waals surface area contributed by atoms with Crippen LogP contribution >= 0.6 is 0 Å². The average Bonchev–Trinajstić information content (AvgIpc) is 2.99. The molecule has 4 bridgehead atoms. The van der Waals surface area contributed by atoms with E-state index in [1.165, 1.54) is 0 Å². The molecule has 1 saturated heterocycles. The first-order chi connectivity index (χ1) is 21.5. The predicted octanol–water partition coefficient (Wildman–Crippen LogP) is -3.04. The summed E-state index contributed by atoms with van der Waals surface area (Å²) in [4.78, 5) is 52.9. The maximum Gasteiger partial charge on any atom is 0.340 e. The SMILES string of the molecule is O=C1O[C@H]2[C@H](O)[C@@H](OC(=O)c3cc(O)c(O)c4c3[C@@H]3C1=CC(=O)[C@@](O)(O4)C3(O)O)[C@H](OC(=O)c1cc(O)c(O)c(O)c1)O[C@@H]2CO. The molecule has 10 N–H and O–H groups in total. The maximum absolute atomic E-state index is 13.6. The van der Waals surface area contributed by atoms with Gasteiger partial charge in [-0.3, -0.25) is 4.79 Å². The molecule has 2 aromatic carbocycles. The van der Waals surface area contributed by atoms with E-state index in [0.717, 1.165) is 0 Å². The first-order valence-corrected chi connectivity index (χ1v) is 13.0. The van der Waals surface area contributed by atoms with E-state index >= 15 is 0 Å². The number of ether oxygens (including phenoxy) is 5. The zero-order chi connectivity index (χ0) is 33.6. The Balaban J connectivity index is 1.49. The Morgan fingerprint density at radius 3 is 2.11 bits per heavy atom. The van der Waals surface area contributed by atoms with Crippen molar-refractivity contribution in [2.75, 3.05) is 6.61 Å². The number of phenols is 5. The zero-order valence-corrected chi connectivity index (χ0v) is 22.6. The van der Waals surface area contributed by atoms with Crippen molar-refractivity contribution in [2.24, 2.45) is 0 Å². The van der Waals surface area contributed by atoms with Crippen LogP contribution in [0.3, 0.4) is 0 Å². The van der Waals surface area contributed by atoms with Crippen LogP contribution in [-0.2, 0) is 28.5 Å². The summed E-state index contributed by atoms with van der Waals surface area (Å²) in [6, 6.07) is 1.88. The first-order valence-electron chi connectivity index (χ1n) is 13.0. The number of hydrogen-bond donors (Lipinski definition) is 10. The minimum absolute atomic E-state index is 0.395. The summed E-state index contributed by atoms with van der Waals surface area (Å²) >= 11 is 0. The van der Waals surface area contributed by atoms with Crippen LogP contribution in [0.5, 0.6) is 34.5 Å². The second-order valence-corrected chi connectivity index (χ2v) is 10.6. The molecule has 46 heavy (non-hydrogen) atoms. The molecule has 19 heteroatoms. The molecule has 0 amide bonds. The van der Waals surface area contributed by atoms with Crippen LogP contribution in [0.4, 0.5) is 0 Å². The Morgan fingerprint density at radius 2 is 1.48 bits per heavy atom. The molecule has 6 rings (SSSR count). The summed E-state index contributed by atoms with van der Waals surface area (Å²) in [5.41, 5.74) is -3.23. The van der Waals surface area contributed by atoms with Crippen molar-refractivity contribution in [2.45, 2.75) is 48.2 Å². The highest BCUT2D eigenvalue weighted by Gasteiger charge is 2.70. The molecule has 0 radical (unpaired) electrons. The average molecular weight is 650 g/mol. The lowest BCUT2D eigenvalue weighted by atomic mass is 9.70. The second-order valence-electron chi connectivity index (χ2n) is 10.6. The fraction of sp³-hybridized carbons (Fsp3) is 0.333. The first kappa shape index (κ1) is 30.8. The molecule has 0 aromatic heterocycles. The summed E-state index contributed by atoms with van der Waals surface area (Å²) in [7, 11) is 0. The number of esters is 3. The Bertz CT molecular complexity index is 1720. The van der Waals surface area contributed by atoms with Gasteiger partial charge in [0.2, 0.25) is 17.8 Å². The van der Waals surface area contributed by atoms with Crippen LogP contribution in [0.15, 0.2) is 29.8 Å². The third-order valence-corrected chi connectivity index (χ3v) is 7.91. The molecule has 0 unspecified atom stereocenters. The number of fused-ring (bicyclic) bond motifs is 3. The molecule has 0 spiro atoms. The Morgan fingerprint density at radius 1 is 0.870 bits per heavy atom. The minimum Gasteiger partial charge on any atom is -0.504 e. The third-order valence-electron chi connectivity index (χ3n) is 7.91. The van der Waals surface area contributed by atoms with Gasteiger partial charge >= 0.3 is 23.7 Å². The van der Waals surface area contributed by atoms with Crippen molar-refractivity contribution in [3.05, 3.63) is 46.5 Å². The summed E-state index contributed by atoms with van der Waals surface area (Å²) in [5.74, 6) is -22.1. The second kappa shape index (κ2) is 10.2. The van der Waals surface area contributed by atoms with Crippen molar-refractivity contribution >= 4 is 23.7 Å². The van der Waals surface area contributed by atoms with Gasteiger partial charge in [0, 0.05) is 5.56 Å². The highest BCUT2D eigenvalue weighted by molar-refractivity contribution is 6.08. The van der Waals surface area contributed by atoms with Gasteiger partial charge in [-0.2, -0.15) is 0 Å². The Kier molecular flexibility index (Phi) is 6.82. The van der Waals surface area contributed by atoms with Crippen LogP contribution in [-0.4, -0.2) is 124 Å². The van der Waals surface area contributed by atoms with Gasteiger partial charge < -0.3 is 74.7 Å². The smallest absolute Gasteiger partial charge is 0.340 e. The molecular formula is C27H22O19. The summed E-state index contributed by atoms with van der Waals surface area (Å²) in [6.45, 7) is -1.06. The maximum atomic E-state index is 13.6. The van der Waals surface area contributed by atoms with Crippen LogP contribution in [0.1, 0.15) is 32.2 Å². The van der Waals surface area contributed by atoms with E-state index < -0.39 is 135 Å². The van der Waals surface area contributed by atoms with Crippen molar-refractivity contribution in [1.82, 2.24) is 0 Å². The molecule has 1 fully saturated rings. The molecular weight excluding hydrogens is 628 g/mol. The quantitative estimate of drug-likeness (QED) is 0.0683. The summed E-state index contributed by atoms with van der Waals surface area (Å²) < 4.78 is 26.3. The van der Waals surface area contributed by atoms with Crippen LogP contribution in [0.25, 0.3) is 0 Å². The topological polar surface area (TPSA) is 317 Å². The van der Waals surface area contributed by atoms with Gasteiger partial charge in [0.05, 0.1) is 29.2 Å². The summed E-state index contributed by atoms with van der Waals surface area (Å²) in [5, 5.41) is 104.